The Morgan fingerprint density at radius 1 is 0.788 bits per heavy atom. The van der Waals surface area contributed by atoms with Crippen LogP contribution in [0.1, 0.15) is 18.1 Å². The fraction of sp³-hybridized carbons (Fsp3) is 0.107. The Labute approximate surface area is 199 Å². The summed E-state index contributed by atoms with van der Waals surface area (Å²) < 4.78 is 17.6. The number of ether oxygens (including phenoxy) is 3. The van der Waals surface area contributed by atoms with Crippen molar-refractivity contribution in [2.24, 2.45) is 4.99 Å². The number of para-hydroxylation sites is 1. The molecule has 4 rings (SSSR count). The minimum Gasteiger partial charge on any atom is -0.490 e. The summed E-state index contributed by atoms with van der Waals surface area (Å²) in [7, 11) is 0. The van der Waals surface area contributed by atoms with E-state index in [0.717, 1.165) is 28.3 Å². The first kappa shape index (κ1) is 22.4. The number of aliphatic imine (C=N–C) groups is 1. The van der Waals surface area contributed by atoms with Gasteiger partial charge in [0.2, 0.25) is 0 Å². The van der Waals surface area contributed by atoms with E-state index in [2.05, 4.69) is 4.99 Å². The zero-order valence-corrected chi connectivity index (χ0v) is 19.0. The minimum atomic E-state index is 0.408. The number of nitrogens with zero attached hydrogens (tertiary/aromatic N) is 1. The van der Waals surface area contributed by atoms with E-state index in [4.69, 9.17) is 25.8 Å². The first-order valence-electron chi connectivity index (χ1n) is 10.7. The molecule has 0 aromatic heterocycles. The maximum absolute atomic E-state index is 6.53. The molecule has 0 spiro atoms. The van der Waals surface area contributed by atoms with Crippen LogP contribution in [0.2, 0.25) is 5.02 Å². The summed E-state index contributed by atoms with van der Waals surface area (Å²) in [4.78, 5) is 4.55. The molecule has 4 aromatic rings. The van der Waals surface area contributed by atoms with Crippen molar-refractivity contribution in [2.45, 2.75) is 13.5 Å². The Bertz CT molecular complexity index is 1190. The molecular weight excluding hydrogens is 434 g/mol. The van der Waals surface area contributed by atoms with Gasteiger partial charge < -0.3 is 14.2 Å². The Morgan fingerprint density at radius 2 is 1.45 bits per heavy atom. The van der Waals surface area contributed by atoms with Gasteiger partial charge >= 0.3 is 0 Å². The van der Waals surface area contributed by atoms with Gasteiger partial charge in [-0.1, -0.05) is 60.1 Å². The maximum atomic E-state index is 6.53. The fourth-order valence-electron chi connectivity index (χ4n) is 3.17. The van der Waals surface area contributed by atoms with Crippen LogP contribution in [0.3, 0.4) is 0 Å². The molecule has 166 valence electrons. The van der Waals surface area contributed by atoms with Gasteiger partial charge in [0.05, 0.1) is 17.3 Å². The molecule has 0 aliphatic heterocycles. The molecule has 5 heteroatoms. The zero-order chi connectivity index (χ0) is 22.9. The lowest BCUT2D eigenvalue weighted by Crippen LogP contribution is -2.01. The summed E-state index contributed by atoms with van der Waals surface area (Å²) in [6, 6.07) is 30.9. The highest BCUT2D eigenvalue weighted by Gasteiger charge is 2.12. The molecule has 4 nitrogen and oxygen atoms in total. The molecular formula is C28H24ClNO3. The molecule has 0 saturated heterocycles. The fourth-order valence-corrected chi connectivity index (χ4v) is 3.44. The van der Waals surface area contributed by atoms with E-state index in [1.807, 2.05) is 104 Å². The summed E-state index contributed by atoms with van der Waals surface area (Å²) in [6.45, 7) is 2.84. The lowest BCUT2D eigenvalue weighted by Gasteiger charge is -2.14. The number of rotatable bonds is 9. The molecule has 0 aliphatic rings. The third kappa shape index (κ3) is 6.37. The topological polar surface area (TPSA) is 40.0 Å². The van der Waals surface area contributed by atoms with Crippen molar-refractivity contribution in [2.75, 3.05) is 6.61 Å². The van der Waals surface area contributed by atoms with Gasteiger partial charge in [-0.25, -0.2) is 0 Å². The molecule has 0 bridgehead atoms. The van der Waals surface area contributed by atoms with Crippen molar-refractivity contribution < 1.29 is 14.2 Å². The number of benzene rings is 4. The van der Waals surface area contributed by atoms with E-state index in [1.165, 1.54) is 0 Å². The standard InChI is InChI=1S/C28H24ClNO3/c1-2-31-27-18-22(17-26(29)28(27)32-20-21-9-5-3-6-10-21)19-30-23-13-15-25(16-14-23)33-24-11-7-4-8-12-24/h3-19H,2,20H2,1H3. The van der Waals surface area contributed by atoms with Crippen molar-refractivity contribution in [3.05, 3.63) is 113 Å². The molecule has 0 fully saturated rings. The van der Waals surface area contributed by atoms with Gasteiger partial charge in [0, 0.05) is 6.21 Å². The van der Waals surface area contributed by atoms with Crippen molar-refractivity contribution in [1.82, 2.24) is 0 Å². The quantitative estimate of drug-likeness (QED) is 0.240. The van der Waals surface area contributed by atoms with E-state index in [1.54, 1.807) is 6.21 Å². The van der Waals surface area contributed by atoms with Crippen LogP contribution in [0.25, 0.3) is 0 Å². The van der Waals surface area contributed by atoms with E-state index in [0.29, 0.717) is 29.7 Å². The van der Waals surface area contributed by atoms with Crippen LogP contribution in [0.15, 0.2) is 102 Å². The van der Waals surface area contributed by atoms with Crippen molar-refractivity contribution in [3.63, 3.8) is 0 Å². The molecule has 0 radical (unpaired) electrons. The number of halogens is 1. The lowest BCUT2D eigenvalue weighted by molar-refractivity contribution is 0.269. The van der Waals surface area contributed by atoms with E-state index in [9.17, 15) is 0 Å². The molecule has 0 aliphatic carbocycles. The van der Waals surface area contributed by atoms with Gasteiger partial charge in [-0.15, -0.1) is 0 Å². The molecule has 4 aromatic carbocycles. The van der Waals surface area contributed by atoms with Gasteiger partial charge in [-0.3, -0.25) is 4.99 Å². The van der Waals surface area contributed by atoms with Crippen LogP contribution >= 0.6 is 11.6 Å². The first-order chi connectivity index (χ1) is 16.2. The summed E-state index contributed by atoms with van der Waals surface area (Å²) in [5.41, 5.74) is 2.68. The third-order valence-electron chi connectivity index (χ3n) is 4.74. The molecule has 0 N–H and O–H groups in total. The van der Waals surface area contributed by atoms with Gasteiger partial charge in [0.25, 0.3) is 0 Å². The van der Waals surface area contributed by atoms with Crippen molar-refractivity contribution in [1.29, 1.82) is 0 Å². The van der Waals surface area contributed by atoms with Crippen LogP contribution in [-0.2, 0) is 6.61 Å². The van der Waals surface area contributed by atoms with E-state index < -0.39 is 0 Å². The smallest absolute Gasteiger partial charge is 0.180 e. The van der Waals surface area contributed by atoms with E-state index in [-0.39, 0.29) is 0 Å². The molecule has 0 unspecified atom stereocenters. The van der Waals surface area contributed by atoms with Crippen LogP contribution in [0, 0.1) is 0 Å². The highest BCUT2D eigenvalue weighted by Crippen LogP contribution is 2.37. The first-order valence-corrected chi connectivity index (χ1v) is 11.1. The van der Waals surface area contributed by atoms with Crippen LogP contribution in [0.4, 0.5) is 5.69 Å². The monoisotopic (exact) mass is 457 g/mol. The van der Waals surface area contributed by atoms with Crippen LogP contribution in [0.5, 0.6) is 23.0 Å². The predicted octanol–water partition coefficient (Wildman–Crippen LogP) is 7.86. The maximum Gasteiger partial charge on any atom is 0.180 e. The van der Waals surface area contributed by atoms with Gasteiger partial charge in [-0.05, 0) is 66.6 Å². The minimum absolute atomic E-state index is 0.408. The average molecular weight is 458 g/mol. The molecule has 0 heterocycles. The lowest BCUT2D eigenvalue weighted by atomic mass is 10.2. The van der Waals surface area contributed by atoms with Gasteiger partial charge in [0.1, 0.15) is 18.1 Å². The van der Waals surface area contributed by atoms with Crippen molar-refractivity contribution in [3.8, 4) is 23.0 Å². The summed E-state index contributed by atoms with van der Waals surface area (Å²) in [6.07, 6.45) is 1.75. The molecule has 0 saturated carbocycles. The molecule has 0 atom stereocenters. The largest absolute Gasteiger partial charge is 0.490 e. The highest BCUT2D eigenvalue weighted by atomic mass is 35.5. The Balaban J connectivity index is 1.46. The second-order valence-electron chi connectivity index (χ2n) is 7.20. The van der Waals surface area contributed by atoms with Gasteiger partial charge in [0.15, 0.2) is 11.5 Å². The highest BCUT2D eigenvalue weighted by molar-refractivity contribution is 6.32. The van der Waals surface area contributed by atoms with E-state index >= 15 is 0 Å². The summed E-state index contributed by atoms with van der Waals surface area (Å²) >= 11 is 6.53. The second kappa shape index (κ2) is 11.2. The summed E-state index contributed by atoms with van der Waals surface area (Å²) in [5.74, 6) is 2.67. The van der Waals surface area contributed by atoms with Crippen molar-refractivity contribution >= 4 is 23.5 Å². The van der Waals surface area contributed by atoms with Crippen LogP contribution in [-0.4, -0.2) is 12.8 Å². The number of hydrogen-bond acceptors (Lipinski definition) is 4. The molecule has 0 amide bonds. The summed E-state index contributed by atoms with van der Waals surface area (Å²) in [5, 5.41) is 0.477. The Morgan fingerprint density at radius 3 is 2.15 bits per heavy atom. The molecule has 33 heavy (non-hydrogen) atoms. The Kier molecular flexibility index (Phi) is 7.62. The SMILES string of the molecule is CCOc1cc(C=Nc2ccc(Oc3ccccc3)cc2)cc(Cl)c1OCc1ccccc1. The normalized spacial score (nSPS) is 10.8. The second-order valence-corrected chi connectivity index (χ2v) is 7.61. The Hall–Kier alpha value is -3.76. The third-order valence-corrected chi connectivity index (χ3v) is 5.02. The predicted molar refractivity (Wildman–Crippen MR) is 134 cm³/mol. The van der Waals surface area contributed by atoms with Gasteiger partial charge in [-0.2, -0.15) is 0 Å². The average Bonchev–Trinajstić information content (AvgIpc) is 2.85. The number of hydrogen-bond donors (Lipinski definition) is 0. The van der Waals surface area contributed by atoms with Crippen LogP contribution < -0.4 is 14.2 Å². The zero-order valence-electron chi connectivity index (χ0n) is 18.3.